The largest absolute Gasteiger partial charge is 0.489 e. The first-order chi connectivity index (χ1) is 31.1. The highest BCUT2D eigenvalue weighted by atomic mass is 16.5. The van der Waals surface area contributed by atoms with Crippen molar-refractivity contribution in [3.63, 3.8) is 0 Å². The SMILES string of the molecule is C(=C\c1ccc(-c2nn[nH]n2)cc1)/c1ccc(OCc2ccc3ccc(C(Oc4cccc(OCc5ccccc5Cc5nn[nH]n5)c4)c4ccc5ccccc5n4)cc3n2)cc1. The van der Waals surface area contributed by atoms with E-state index >= 15 is 0 Å². The molecule has 0 spiro atoms. The highest BCUT2D eigenvalue weighted by Gasteiger charge is 2.20. The number of nitrogens with zero attached hydrogens (tertiary/aromatic N) is 8. The molecule has 10 aromatic rings. The van der Waals surface area contributed by atoms with Gasteiger partial charge in [0.25, 0.3) is 0 Å². The van der Waals surface area contributed by atoms with E-state index in [-0.39, 0.29) is 0 Å². The number of pyridine rings is 2. The average Bonchev–Trinajstić information content (AvgIpc) is 4.08. The molecule has 10 rings (SSSR count). The van der Waals surface area contributed by atoms with Gasteiger partial charge in [0, 0.05) is 34.4 Å². The Labute approximate surface area is 361 Å². The van der Waals surface area contributed by atoms with Crippen LogP contribution >= 0.6 is 0 Å². The van der Waals surface area contributed by atoms with Gasteiger partial charge in [0.1, 0.15) is 30.5 Å². The smallest absolute Gasteiger partial charge is 0.204 e. The van der Waals surface area contributed by atoms with Crippen LogP contribution < -0.4 is 14.2 Å². The Morgan fingerprint density at radius 2 is 1.24 bits per heavy atom. The second-order valence-corrected chi connectivity index (χ2v) is 14.8. The fraction of sp³-hybridized carbons (Fsp3) is 0.0800. The summed E-state index contributed by atoms with van der Waals surface area (Å²) in [6, 6.07) is 54.2. The highest BCUT2D eigenvalue weighted by Crippen LogP contribution is 2.33. The lowest BCUT2D eigenvalue weighted by Crippen LogP contribution is -2.12. The highest BCUT2D eigenvalue weighted by molar-refractivity contribution is 5.80. The average molecular weight is 827 g/mol. The van der Waals surface area contributed by atoms with Crippen molar-refractivity contribution in [3.8, 4) is 28.6 Å². The molecule has 2 N–H and O–H groups in total. The van der Waals surface area contributed by atoms with Crippen molar-refractivity contribution >= 4 is 34.0 Å². The maximum atomic E-state index is 6.84. The molecular weight excluding hydrogens is 789 g/mol. The number of benzene rings is 6. The summed E-state index contributed by atoms with van der Waals surface area (Å²) < 4.78 is 19.4. The van der Waals surface area contributed by atoms with Crippen molar-refractivity contribution in [2.45, 2.75) is 25.7 Å². The number of H-pyrrole nitrogens is 2. The van der Waals surface area contributed by atoms with E-state index in [9.17, 15) is 0 Å². The number of aromatic nitrogens is 10. The molecule has 13 heteroatoms. The molecule has 0 amide bonds. The number of aromatic amines is 2. The van der Waals surface area contributed by atoms with E-state index in [4.69, 9.17) is 24.2 Å². The van der Waals surface area contributed by atoms with Gasteiger partial charge in [-0.1, -0.05) is 127 Å². The van der Waals surface area contributed by atoms with Gasteiger partial charge in [-0.15, -0.1) is 20.4 Å². The predicted molar refractivity (Wildman–Crippen MR) is 239 cm³/mol. The molecule has 0 aliphatic carbocycles. The zero-order valence-electron chi connectivity index (χ0n) is 33.7. The third kappa shape index (κ3) is 9.27. The van der Waals surface area contributed by atoms with E-state index in [2.05, 4.69) is 89.8 Å². The Bertz CT molecular complexity index is 3140. The number of hydrogen-bond donors (Lipinski definition) is 2. The monoisotopic (exact) mass is 826 g/mol. The Morgan fingerprint density at radius 1 is 0.524 bits per heavy atom. The molecule has 63 heavy (non-hydrogen) atoms. The minimum atomic E-state index is -0.546. The van der Waals surface area contributed by atoms with Gasteiger partial charge in [-0.25, -0.2) is 9.97 Å². The van der Waals surface area contributed by atoms with Crippen molar-refractivity contribution in [2.75, 3.05) is 0 Å². The number of ether oxygens (including phenoxy) is 3. The first-order valence-electron chi connectivity index (χ1n) is 20.3. The number of para-hydroxylation sites is 1. The molecular formula is C50H38N10O3. The first kappa shape index (κ1) is 38.6. The molecule has 0 bridgehead atoms. The van der Waals surface area contributed by atoms with Gasteiger partial charge in [0.05, 0.1) is 22.4 Å². The maximum Gasteiger partial charge on any atom is 0.204 e. The van der Waals surface area contributed by atoms with Gasteiger partial charge in [-0.05, 0) is 76.0 Å². The molecule has 0 aliphatic heterocycles. The third-order valence-electron chi connectivity index (χ3n) is 10.5. The van der Waals surface area contributed by atoms with E-state index < -0.39 is 6.10 Å². The Kier molecular flexibility index (Phi) is 11.0. The van der Waals surface area contributed by atoms with Crippen molar-refractivity contribution in [1.29, 1.82) is 0 Å². The number of tetrazole rings is 2. The zero-order valence-corrected chi connectivity index (χ0v) is 33.7. The first-order valence-corrected chi connectivity index (χ1v) is 20.3. The zero-order chi connectivity index (χ0) is 42.2. The third-order valence-corrected chi connectivity index (χ3v) is 10.5. The van der Waals surface area contributed by atoms with Crippen LogP contribution in [0, 0.1) is 0 Å². The molecule has 1 unspecified atom stereocenters. The lowest BCUT2D eigenvalue weighted by atomic mass is 10.0. The fourth-order valence-electron chi connectivity index (χ4n) is 7.23. The van der Waals surface area contributed by atoms with Crippen LogP contribution in [0.2, 0.25) is 0 Å². The van der Waals surface area contributed by atoms with Crippen LogP contribution in [0.25, 0.3) is 45.3 Å². The van der Waals surface area contributed by atoms with Gasteiger partial charge in [-0.2, -0.15) is 10.4 Å². The molecule has 4 aromatic heterocycles. The van der Waals surface area contributed by atoms with Gasteiger partial charge < -0.3 is 14.2 Å². The summed E-state index contributed by atoms with van der Waals surface area (Å²) in [5.74, 6) is 3.25. The van der Waals surface area contributed by atoms with Crippen LogP contribution in [0.1, 0.15) is 51.1 Å². The molecule has 306 valence electrons. The minimum Gasteiger partial charge on any atom is -0.489 e. The summed E-state index contributed by atoms with van der Waals surface area (Å²) in [6.07, 6.45) is 4.12. The number of fused-ring (bicyclic) bond motifs is 2. The van der Waals surface area contributed by atoms with Gasteiger partial charge in [-0.3, -0.25) is 0 Å². The van der Waals surface area contributed by atoms with Crippen LogP contribution in [-0.4, -0.2) is 51.2 Å². The molecule has 6 aromatic carbocycles. The van der Waals surface area contributed by atoms with Crippen LogP contribution in [0.3, 0.4) is 0 Å². The summed E-state index contributed by atoms with van der Waals surface area (Å²) in [7, 11) is 0. The fourth-order valence-corrected chi connectivity index (χ4v) is 7.23. The molecule has 13 nitrogen and oxygen atoms in total. The summed E-state index contributed by atoms with van der Waals surface area (Å²) in [6.45, 7) is 0.669. The summed E-state index contributed by atoms with van der Waals surface area (Å²) in [5.41, 5.74) is 9.30. The molecule has 1 atom stereocenters. The van der Waals surface area contributed by atoms with Gasteiger partial charge in [0.2, 0.25) is 5.82 Å². The summed E-state index contributed by atoms with van der Waals surface area (Å²) in [5, 5.41) is 30.7. The molecule has 0 fully saturated rings. The molecule has 4 heterocycles. The van der Waals surface area contributed by atoms with Crippen molar-refractivity contribution < 1.29 is 14.2 Å². The number of rotatable bonds is 15. The van der Waals surface area contributed by atoms with Crippen LogP contribution in [0.5, 0.6) is 17.2 Å². The van der Waals surface area contributed by atoms with Crippen LogP contribution in [0.4, 0.5) is 0 Å². The van der Waals surface area contributed by atoms with Gasteiger partial charge >= 0.3 is 0 Å². The normalized spacial score (nSPS) is 11.9. The van der Waals surface area contributed by atoms with Crippen LogP contribution in [-0.2, 0) is 19.6 Å². The van der Waals surface area contributed by atoms with E-state index in [1.54, 1.807) is 0 Å². The second kappa shape index (κ2) is 18.0. The quantitative estimate of drug-likeness (QED) is 0.0947. The minimum absolute atomic E-state index is 0.308. The topological polar surface area (TPSA) is 162 Å². The lowest BCUT2D eigenvalue weighted by molar-refractivity contribution is 0.240. The summed E-state index contributed by atoms with van der Waals surface area (Å²) >= 11 is 0. The Hall–Kier alpha value is -8.58. The molecule has 0 aliphatic rings. The standard InChI is InChI=1S/C50H38N10O3/c1-2-8-40(38(7-1)29-48-53-57-58-54-48)31-61-43-9-5-10-44(30-43)63-49(46-27-23-35-6-3-4-11-45(35)52-46)39-21-20-36-22-24-41(51-47(36)28-39)32-62-42-25-16-34(17-26-42)13-12-33-14-18-37(19-15-33)50-55-59-60-56-50/h1-28,30,49H,29,31-32H2,(H,53,54,57,58)(H,55,56,59,60)/b13-12+. The van der Waals surface area contributed by atoms with Crippen molar-refractivity contribution in [3.05, 3.63) is 209 Å². The lowest BCUT2D eigenvalue weighted by Gasteiger charge is -2.21. The molecule has 0 radical (unpaired) electrons. The summed E-state index contributed by atoms with van der Waals surface area (Å²) in [4.78, 5) is 10.1. The van der Waals surface area contributed by atoms with E-state index in [0.717, 1.165) is 72.3 Å². The number of hydrogen-bond acceptors (Lipinski definition) is 11. The number of nitrogens with one attached hydrogen (secondary N) is 2. The van der Waals surface area contributed by atoms with Crippen molar-refractivity contribution in [2.24, 2.45) is 0 Å². The molecule has 0 saturated carbocycles. The Morgan fingerprint density at radius 3 is 2.06 bits per heavy atom. The van der Waals surface area contributed by atoms with Crippen LogP contribution in [0.15, 0.2) is 164 Å². The predicted octanol–water partition coefficient (Wildman–Crippen LogP) is 9.56. The molecule has 0 saturated heterocycles. The maximum absolute atomic E-state index is 6.84. The second-order valence-electron chi connectivity index (χ2n) is 14.8. The van der Waals surface area contributed by atoms with E-state index in [1.165, 1.54) is 0 Å². The van der Waals surface area contributed by atoms with Crippen molar-refractivity contribution in [1.82, 2.24) is 51.2 Å². The van der Waals surface area contributed by atoms with E-state index in [1.807, 2.05) is 127 Å². The van der Waals surface area contributed by atoms with Gasteiger partial charge in [0.15, 0.2) is 11.9 Å². The Balaban J connectivity index is 0.849. The van der Waals surface area contributed by atoms with E-state index in [0.29, 0.717) is 42.8 Å².